The maximum Gasteiger partial charge on any atom is 0.223 e. The summed E-state index contributed by atoms with van der Waals surface area (Å²) in [5, 5.41) is 0. The van der Waals surface area contributed by atoms with Gasteiger partial charge >= 0.3 is 0 Å². The number of hydrogen-bond acceptors (Lipinski definition) is 4. The largest absolute Gasteiger partial charge is 0.492 e. The van der Waals surface area contributed by atoms with Crippen molar-refractivity contribution in [1.82, 2.24) is 9.88 Å². The Morgan fingerprint density at radius 3 is 2.48 bits per heavy atom. The van der Waals surface area contributed by atoms with Crippen LogP contribution in [0.5, 0.6) is 11.5 Å². The average Bonchev–Trinajstić information content (AvgIpc) is 2.97. The zero-order valence-corrected chi connectivity index (χ0v) is 15.5. The van der Waals surface area contributed by atoms with Gasteiger partial charge in [-0.25, -0.2) is 0 Å². The van der Waals surface area contributed by atoms with Gasteiger partial charge in [0.2, 0.25) is 5.91 Å². The Morgan fingerprint density at radius 1 is 1.04 bits per heavy atom. The van der Waals surface area contributed by atoms with Crippen LogP contribution in [0.25, 0.3) is 0 Å². The smallest absolute Gasteiger partial charge is 0.223 e. The minimum Gasteiger partial charge on any atom is -0.492 e. The van der Waals surface area contributed by atoms with E-state index >= 15 is 0 Å². The Hall–Kier alpha value is -2.56. The molecule has 0 spiro atoms. The van der Waals surface area contributed by atoms with Gasteiger partial charge in [-0.15, -0.1) is 0 Å². The molecule has 27 heavy (non-hydrogen) atoms. The van der Waals surface area contributed by atoms with E-state index in [1.165, 1.54) is 0 Å². The monoisotopic (exact) mass is 366 g/mol. The quantitative estimate of drug-likeness (QED) is 0.699. The van der Waals surface area contributed by atoms with E-state index in [0.717, 1.165) is 43.6 Å². The number of aromatic nitrogens is 1. The van der Waals surface area contributed by atoms with Gasteiger partial charge in [0.15, 0.2) is 0 Å². The van der Waals surface area contributed by atoms with Crippen LogP contribution in [0.3, 0.4) is 0 Å². The van der Waals surface area contributed by atoms with E-state index in [1.807, 2.05) is 42.5 Å². The van der Waals surface area contributed by atoms with Crippen LogP contribution in [0, 0.1) is 0 Å². The van der Waals surface area contributed by atoms with Gasteiger partial charge in [-0.3, -0.25) is 9.78 Å². The Balaban J connectivity index is 1.24. The molecule has 2 atom stereocenters. The lowest BCUT2D eigenvalue weighted by atomic mass is 9.99. The van der Waals surface area contributed by atoms with Crippen LogP contribution >= 0.6 is 0 Å². The van der Waals surface area contributed by atoms with Gasteiger partial charge in [0.1, 0.15) is 17.6 Å². The molecule has 2 aliphatic rings. The average molecular weight is 366 g/mol. The van der Waals surface area contributed by atoms with Crippen molar-refractivity contribution in [2.24, 2.45) is 0 Å². The molecule has 0 radical (unpaired) electrons. The number of carbonyl (C=O) groups is 1. The molecule has 142 valence electrons. The molecule has 0 aliphatic carbocycles. The van der Waals surface area contributed by atoms with Crippen molar-refractivity contribution in [2.75, 3.05) is 6.61 Å². The normalized spacial score (nSPS) is 23.9. The highest BCUT2D eigenvalue weighted by atomic mass is 16.5. The molecule has 5 heteroatoms. The van der Waals surface area contributed by atoms with Crippen molar-refractivity contribution in [1.29, 1.82) is 0 Å². The fourth-order valence-electron chi connectivity index (χ4n) is 4.30. The van der Waals surface area contributed by atoms with E-state index in [4.69, 9.17) is 9.47 Å². The van der Waals surface area contributed by atoms with Gasteiger partial charge in [-0.1, -0.05) is 18.2 Å². The van der Waals surface area contributed by atoms with E-state index in [0.29, 0.717) is 25.1 Å². The first-order valence-corrected chi connectivity index (χ1v) is 9.85. The number of para-hydroxylation sites is 1. The van der Waals surface area contributed by atoms with Gasteiger partial charge in [-0.2, -0.15) is 0 Å². The summed E-state index contributed by atoms with van der Waals surface area (Å²) in [6, 6.07) is 14.4. The SMILES string of the molecule is O=C(CCCOc1cccnc1)N1C2CCC1CC(Oc1ccccc1)C2. The molecule has 3 heterocycles. The van der Waals surface area contributed by atoms with Crippen LogP contribution in [-0.2, 0) is 4.79 Å². The van der Waals surface area contributed by atoms with E-state index in [9.17, 15) is 4.79 Å². The van der Waals surface area contributed by atoms with Crippen LogP contribution in [0.1, 0.15) is 38.5 Å². The minimum atomic E-state index is 0.211. The molecule has 0 saturated carbocycles. The molecule has 2 bridgehead atoms. The first-order chi connectivity index (χ1) is 13.3. The first kappa shape index (κ1) is 17.8. The van der Waals surface area contributed by atoms with E-state index in [-0.39, 0.29) is 12.0 Å². The molecule has 1 aromatic heterocycles. The molecular weight excluding hydrogens is 340 g/mol. The molecule has 2 aliphatic heterocycles. The summed E-state index contributed by atoms with van der Waals surface area (Å²) in [6.45, 7) is 0.542. The van der Waals surface area contributed by atoms with Gasteiger partial charge in [-0.05, 0) is 43.5 Å². The van der Waals surface area contributed by atoms with Crippen LogP contribution in [0.2, 0.25) is 0 Å². The standard InChI is InChI=1S/C22H26N2O3/c25-22(9-5-13-26-20-8-4-12-23-16-20)24-17-10-11-18(24)15-21(14-17)27-19-6-2-1-3-7-19/h1-4,6-8,12,16-18,21H,5,9-11,13-15H2. The Kier molecular flexibility index (Phi) is 5.56. The van der Waals surface area contributed by atoms with Gasteiger partial charge in [0.05, 0.1) is 12.8 Å². The van der Waals surface area contributed by atoms with E-state index in [1.54, 1.807) is 12.4 Å². The zero-order valence-electron chi connectivity index (χ0n) is 15.5. The molecule has 5 nitrogen and oxygen atoms in total. The predicted molar refractivity (Wildman–Crippen MR) is 103 cm³/mol. The van der Waals surface area contributed by atoms with Crippen molar-refractivity contribution in [3.63, 3.8) is 0 Å². The third-order valence-electron chi connectivity index (χ3n) is 5.46. The fourth-order valence-corrected chi connectivity index (χ4v) is 4.30. The lowest BCUT2D eigenvalue weighted by Crippen LogP contribution is -2.49. The summed E-state index contributed by atoms with van der Waals surface area (Å²) >= 11 is 0. The summed E-state index contributed by atoms with van der Waals surface area (Å²) in [6.07, 6.45) is 8.95. The van der Waals surface area contributed by atoms with E-state index < -0.39 is 0 Å². The van der Waals surface area contributed by atoms with Gasteiger partial charge in [0.25, 0.3) is 0 Å². The van der Waals surface area contributed by atoms with Gasteiger partial charge < -0.3 is 14.4 Å². The van der Waals surface area contributed by atoms with Crippen LogP contribution in [-0.4, -0.2) is 40.6 Å². The Morgan fingerprint density at radius 2 is 1.78 bits per heavy atom. The maximum absolute atomic E-state index is 12.8. The molecule has 2 unspecified atom stereocenters. The predicted octanol–water partition coefficient (Wildman–Crippen LogP) is 3.84. The summed E-state index contributed by atoms with van der Waals surface area (Å²) in [5.74, 6) is 1.94. The number of carbonyl (C=O) groups excluding carboxylic acids is 1. The number of ether oxygens (including phenoxy) is 2. The van der Waals surface area contributed by atoms with Crippen molar-refractivity contribution in [2.45, 2.75) is 56.7 Å². The number of nitrogens with zero attached hydrogens (tertiary/aromatic N) is 2. The van der Waals surface area contributed by atoms with Crippen molar-refractivity contribution in [3.8, 4) is 11.5 Å². The Bertz CT molecular complexity index is 724. The second-order valence-electron chi connectivity index (χ2n) is 7.35. The molecule has 0 N–H and O–H groups in total. The topological polar surface area (TPSA) is 51.7 Å². The number of hydrogen-bond donors (Lipinski definition) is 0. The Labute approximate surface area is 160 Å². The van der Waals surface area contributed by atoms with Gasteiger partial charge in [0, 0.05) is 37.5 Å². The van der Waals surface area contributed by atoms with Crippen LogP contribution < -0.4 is 9.47 Å². The molecular formula is C22H26N2O3. The summed E-state index contributed by atoms with van der Waals surface area (Å²) in [5.41, 5.74) is 0. The highest BCUT2D eigenvalue weighted by Crippen LogP contribution is 2.37. The summed E-state index contributed by atoms with van der Waals surface area (Å²) in [7, 11) is 0. The summed E-state index contributed by atoms with van der Waals surface area (Å²) in [4.78, 5) is 18.9. The molecule has 1 amide bonds. The molecule has 2 aromatic rings. The molecule has 4 rings (SSSR count). The summed E-state index contributed by atoms with van der Waals surface area (Å²) < 4.78 is 11.8. The lowest BCUT2D eigenvalue weighted by Gasteiger charge is -2.39. The number of rotatable bonds is 7. The number of piperidine rings is 1. The van der Waals surface area contributed by atoms with Crippen LogP contribution in [0.15, 0.2) is 54.9 Å². The number of pyridine rings is 1. The van der Waals surface area contributed by atoms with Crippen molar-refractivity contribution < 1.29 is 14.3 Å². The number of amides is 1. The highest BCUT2D eigenvalue weighted by molar-refractivity contribution is 5.77. The number of benzene rings is 1. The highest BCUT2D eigenvalue weighted by Gasteiger charge is 2.43. The first-order valence-electron chi connectivity index (χ1n) is 9.85. The molecule has 2 saturated heterocycles. The van der Waals surface area contributed by atoms with E-state index in [2.05, 4.69) is 9.88 Å². The second-order valence-corrected chi connectivity index (χ2v) is 7.35. The van der Waals surface area contributed by atoms with Crippen molar-refractivity contribution >= 4 is 5.91 Å². The fraction of sp³-hybridized carbons (Fsp3) is 0.455. The second kappa shape index (κ2) is 8.42. The molecule has 2 fully saturated rings. The lowest BCUT2D eigenvalue weighted by molar-refractivity contribution is -0.137. The third-order valence-corrected chi connectivity index (χ3v) is 5.46. The maximum atomic E-state index is 12.8. The number of fused-ring (bicyclic) bond motifs is 2. The minimum absolute atomic E-state index is 0.211. The molecule has 1 aromatic carbocycles. The zero-order chi connectivity index (χ0) is 18.5. The van der Waals surface area contributed by atoms with Crippen LogP contribution in [0.4, 0.5) is 0 Å². The van der Waals surface area contributed by atoms with Crippen molar-refractivity contribution in [3.05, 3.63) is 54.9 Å². The third kappa shape index (κ3) is 4.41.